The highest BCUT2D eigenvalue weighted by Gasteiger charge is 2.38. The molecular weight excluding hydrogens is 470 g/mol. The SMILES string of the molecule is CCOc1ccc2c(F)c(C3COC(CCc4cc(F)c(C(F)(F)F)c(F)c4)OC3)sc2c1. The standard InChI is InChI=1S/C23H20F6O3S/c1-2-30-14-4-5-15-18(9-14)33-22(21(15)26)13-10-31-19(32-11-13)6-3-12-7-16(24)20(17(25)8-12)23(27,28)29/h4-5,7-9,13,19H,2-3,6,10-11H2,1H3. The number of ether oxygens (including phenoxy) is 3. The number of thiophene rings is 1. The van der Waals surface area contributed by atoms with E-state index in [1.165, 1.54) is 11.3 Å². The number of alkyl halides is 3. The Bertz CT molecular complexity index is 1110. The smallest absolute Gasteiger partial charge is 0.422 e. The topological polar surface area (TPSA) is 27.7 Å². The van der Waals surface area contributed by atoms with Gasteiger partial charge < -0.3 is 14.2 Å². The van der Waals surface area contributed by atoms with Gasteiger partial charge in [0, 0.05) is 27.3 Å². The summed E-state index contributed by atoms with van der Waals surface area (Å²) in [6, 6.07) is 6.50. The minimum atomic E-state index is -5.11. The average molecular weight is 490 g/mol. The first-order valence-electron chi connectivity index (χ1n) is 10.3. The number of hydrogen-bond acceptors (Lipinski definition) is 4. The fourth-order valence-corrected chi connectivity index (χ4v) is 4.95. The molecule has 2 aromatic carbocycles. The van der Waals surface area contributed by atoms with Crippen LogP contribution in [0.3, 0.4) is 0 Å². The van der Waals surface area contributed by atoms with Crippen LogP contribution in [0.15, 0.2) is 30.3 Å². The van der Waals surface area contributed by atoms with E-state index in [1.54, 1.807) is 18.2 Å². The van der Waals surface area contributed by atoms with Crippen LogP contribution in [0.1, 0.15) is 35.3 Å². The molecule has 0 saturated carbocycles. The van der Waals surface area contributed by atoms with Crippen molar-refractivity contribution in [3.8, 4) is 5.75 Å². The molecule has 1 aliphatic heterocycles. The van der Waals surface area contributed by atoms with Crippen molar-refractivity contribution in [2.45, 2.75) is 38.1 Å². The molecule has 0 unspecified atom stereocenters. The molecule has 3 aromatic rings. The van der Waals surface area contributed by atoms with Crippen LogP contribution in [0.2, 0.25) is 0 Å². The normalized spacial score (nSPS) is 19.2. The van der Waals surface area contributed by atoms with Gasteiger partial charge in [0.1, 0.15) is 28.8 Å². The second-order valence-electron chi connectivity index (χ2n) is 7.64. The van der Waals surface area contributed by atoms with Crippen LogP contribution in [0, 0.1) is 17.5 Å². The second-order valence-corrected chi connectivity index (χ2v) is 8.72. The fourth-order valence-electron chi connectivity index (χ4n) is 3.77. The molecule has 178 valence electrons. The molecular formula is C23H20F6O3S. The first-order chi connectivity index (χ1) is 15.7. The first-order valence-corrected chi connectivity index (χ1v) is 11.1. The van der Waals surface area contributed by atoms with Gasteiger partial charge in [-0.05, 0) is 49.2 Å². The molecule has 0 radical (unpaired) electrons. The van der Waals surface area contributed by atoms with Gasteiger partial charge in [-0.1, -0.05) is 0 Å². The Hall–Kier alpha value is -2.30. The van der Waals surface area contributed by atoms with Crippen LogP contribution in [0.25, 0.3) is 10.1 Å². The van der Waals surface area contributed by atoms with Gasteiger partial charge in [0.2, 0.25) is 0 Å². The maximum absolute atomic E-state index is 14.9. The summed E-state index contributed by atoms with van der Waals surface area (Å²) in [4.78, 5) is 0.504. The summed E-state index contributed by atoms with van der Waals surface area (Å²) in [5, 5.41) is 0.493. The highest BCUT2D eigenvalue weighted by atomic mass is 32.1. The minimum Gasteiger partial charge on any atom is -0.494 e. The van der Waals surface area contributed by atoms with Gasteiger partial charge in [0.25, 0.3) is 0 Å². The minimum absolute atomic E-state index is 0.0543. The molecule has 0 N–H and O–H groups in total. The molecule has 1 fully saturated rings. The van der Waals surface area contributed by atoms with Crippen LogP contribution < -0.4 is 4.74 Å². The van der Waals surface area contributed by atoms with Crippen molar-refractivity contribution in [2.75, 3.05) is 19.8 Å². The number of fused-ring (bicyclic) bond motifs is 1. The molecule has 0 aliphatic carbocycles. The summed E-state index contributed by atoms with van der Waals surface area (Å²) in [5.41, 5.74) is -1.84. The van der Waals surface area contributed by atoms with Gasteiger partial charge in [-0.3, -0.25) is 0 Å². The largest absolute Gasteiger partial charge is 0.494 e. The van der Waals surface area contributed by atoms with Crippen LogP contribution >= 0.6 is 11.3 Å². The van der Waals surface area contributed by atoms with Crippen molar-refractivity contribution < 1.29 is 40.6 Å². The van der Waals surface area contributed by atoms with Crippen molar-refractivity contribution in [1.29, 1.82) is 0 Å². The van der Waals surface area contributed by atoms with Crippen molar-refractivity contribution in [3.05, 3.63) is 63.8 Å². The molecule has 0 amide bonds. The Kier molecular flexibility index (Phi) is 6.88. The number of hydrogen-bond donors (Lipinski definition) is 0. The van der Waals surface area contributed by atoms with E-state index < -0.39 is 29.7 Å². The zero-order chi connectivity index (χ0) is 23.8. The monoisotopic (exact) mass is 490 g/mol. The van der Waals surface area contributed by atoms with E-state index >= 15 is 0 Å². The van der Waals surface area contributed by atoms with Crippen LogP contribution in [0.4, 0.5) is 26.3 Å². The third kappa shape index (κ3) is 5.12. The summed E-state index contributed by atoms with van der Waals surface area (Å²) in [5.74, 6) is -3.31. The predicted molar refractivity (Wildman–Crippen MR) is 111 cm³/mol. The highest BCUT2D eigenvalue weighted by Crippen LogP contribution is 2.39. The number of rotatable bonds is 6. The Morgan fingerprint density at radius 1 is 1.03 bits per heavy atom. The number of halogens is 6. The lowest BCUT2D eigenvalue weighted by Gasteiger charge is -2.29. The van der Waals surface area contributed by atoms with E-state index in [-0.39, 0.29) is 43.4 Å². The number of benzene rings is 2. The van der Waals surface area contributed by atoms with Crippen LogP contribution in [-0.4, -0.2) is 26.1 Å². The van der Waals surface area contributed by atoms with E-state index in [0.29, 0.717) is 34.8 Å². The molecule has 3 nitrogen and oxygen atoms in total. The van der Waals surface area contributed by atoms with E-state index in [2.05, 4.69) is 0 Å². The first kappa shape index (κ1) is 23.8. The summed E-state index contributed by atoms with van der Waals surface area (Å²) in [6.45, 7) is 2.73. The Morgan fingerprint density at radius 3 is 2.30 bits per heavy atom. The summed E-state index contributed by atoms with van der Waals surface area (Å²) < 4.78 is 98.0. The lowest BCUT2D eigenvalue weighted by atomic mass is 10.0. The van der Waals surface area contributed by atoms with Gasteiger partial charge in [-0.2, -0.15) is 13.2 Å². The van der Waals surface area contributed by atoms with Crippen molar-refractivity contribution in [2.24, 2.45) is 0 Å². The maximum atomic E-state index is 14.9. The Balaban J connectivity index is 1.37. The molecule has 0 bridgehead atoms. The quantitative estimate of drug-likeness (QED) is 0.355. The zero-order valence-corrected chi connectivity index (χ0v) is 18.3. The van der Waals surface area contributed by atoms with E-state index in [1.807, 2.05) is 6.92 Å². The summed E-state index contributed by atoms with van der Waals surface area (Å²) >= 11 is 1.30. The average Bonchev–Trinajstić information content (AvgIpc) is 3.07. The van der Waals surface area contributed by atoms with Crippen LogP contribution in [-0.2, 0) is 22.1 Å². The molecule has 1 aliphatic rings. The number of aryl methyl sites for hydroxylation is 1. The maximum Gasteiger partial charge on any atom is 0.422 e. The highest BCUT2D eigenvalue weighted by molar-refractivity contribution is 7.19. The lowest BCUT2D eigenvalue weighted by molar-refractivity contribution is -0.189. The molecule has 33 heavy (non-hydrogen) atoms. The molecule has 4 rings (SSSR count). The van der Waals surface area contributed by atoms with Crippen molar-refractivity contribution >= 4 is 21.4 Å². The van der Waals surface area contributed by atoms with Gasteiger partial charge in [-0.15, -0.1) is 11.3 Å². The fraction of sp³-hybridized carbons (Fsp3) is 0.391. The molecule has 10 heteroatoms. The van der Waals surface area contributed by atoms with Crippen LogP contribution in [0.5, 0.6) is 5.75 Å². The van der Waals surface area contributed by atoms with Gasteiger partial charge in [-0.25, -0.2) is 13.2 Å². The Labute approximate surface area is 189 Å². The Morgan fingerprint density at radius 2 is 1.70 bits per heavy atom. The third-order valence-corrected chi connectivity index (χ3v) is 6.62. The molecule has 1 aromatic heterocycles. The lowest BCUT2D eigenvalue weighted by Crippen LogP contribution is -2.31. The van der Waals surface area contributed by atoms with Gasteiger partial charge >= 0.3 is 6.18 Å². The summed E-state index contributed by atoms with van der Waals surface area (Å²) in [7, 11) is 0. The van der Waals surface area contributed by atoms with Crippen molar-refractivity contribution in [3.63, 3.8) is 0 Å². The van der Waals surface area contributed by atoms with E-state index in [4.69, 9.17) is 14.2 Å². The van der Waals surface area contributed by atoms with Gasteiger partial charge in [0.05, 0.1) is 19.8 Å². The zero-order valence-electron chi connectivity index (χ0n) is 17.5. The molecule has 0 spiro atoms. The van der Waals surface area contributed by atoms with Gasteiger partial charge in [0.15, 0.2) is 6.29 Å². The van der Waals surface area contributed by atoms with E-state index in [9.17, 15) is 26.3 Å². The predicted octanol–water partition coefficient (Wildman–Crippen LogP) is 6.83. The molecule has 2 heterocycles. The summed E-state index contributed by atoms with van der Waals surface area (Å²) in [6.07, 6.45) is -5.58. The van der Waals surface area contributed by atoms with Crippen molar-refractivity contribution in [1.82, 2.24) is 0 Å². The molecule has 0 atom stereocenters. The van der Waals surface area contributed by atoms with E-state index in [0.717, 1.165) is 4.70 Å². The third-order valence-electron chi connectivity index (χ3n) is 5.33. The molecule has 1 saturated heterocycles. The second kappa shape index (κ2) is 9.52.